The maximum Gasteiger partial charge on any atom is 0.267 e. The van der Waals surface area contributed by atoms with E-state index in [2.05, 4.69) is 24.4 Å². The Balaban J connectivity index is 2.22. The lowest BCUT2D eigenvalue weighted by molar-refractivity contribution is 0.0990. The van der Waals surface area contributed by atoms with Gasteiger partial charge in [0.05, 0.1) is 6.04 Å². The summed E-state index contributed by atoms with van der Waals surface area (Å²) >= 11 is 5.42. The van der Waals surface area contributed by atoms with Crippen LogP contribution in [0.5, 0.6) is 0 Å². The summed E-state index contributed by atoms with van der Waals surface area (Å²) in [5.41, 5.74) is 6.83. The van der Waals surface area contributed by atoms with Crippen LogP contribution < -0.4 is 11.0 Å². The summed E-state index contributed by atoms with van der Waals surface area (Å²) < 4.78 is 20.9. The zero-order chi connectivity index (χ0) is 19.0. The lowest BCUT2D eigenvalue weighted by atomic mass is 10.0. The minimum absolute atomic E-state index is 0.127. The van der Waals surface area contributed by atoms with Gasteiger partial charge in [-0.05, 0) is 36.3 Å². The van der Waals surface area contributed by atoms with Crippen LogP contribution in [0.25, 0.3) is 11.6 Å². The summed E-state index contributed by atoms with van der Waals surface area (Å²) in [5.74, 6) is -0.541. The summed E-state index contributed by atoms with van der Waals surface area (Å²) in [4.78, 5) is 15.1. The Kier molecular flexibility index (Phi) is 5.02. The second-order valence-corrected chi connectivity index (χ2v) is 6.73. The number of aromatic amines is 1. The van der Waals surface area contributed by atoms with Crippen LogP contribution in [0.15, 0.2) is 22.6 Å². The molecule has 10 heteroatoms. The number of nitrogens with zero attached hydrogens (tertiary/aromatic N) is 3. The van der Waals surface area contributed by atoms with Gasteiger partial charge in [0.2, 0.25) is 5.89 Å². The Hall–Kier alpha value is -2.38. The van der Waals surface area contributed by atoms with Crippen LogP contribution in [0.4, 0.5) is 4.39 Å². The maximum absolute atomic E-state index is 13.6. The molecule has 1 amide bonds. The minimum atomic E-state index is -0.685. The lowest BCUT2D eigenvalue weighted by Crippen LogP contribution is -2.22. The van der Waals surface area contributed by atoms with E-state index in [1.54, 1.807) is 23.6 Å². The van der Waals surface area contributed by atoms with Crippen molar-refractivity contribution in [2.45, 2.75) is 26.3 Å². The van der Waals surface area contributed by atoms with Gasteiger partial charge in [-0.2, -0.15) is 0 Å². The van der Waals surface area contributed by atoms with Crippen LogP contribution in [0.1, 0.15) is 41.3 Å². The van der Waals surface area contributed by atoms with E-state index in [4.69, 9.17) is 22.4 Å². The summed E-state index contributed by atoms with van der Waals surface area (Å²) in [7, 11) is 2.35. The molecule has 2 aromatic heterocycles. The number of rotatable bonds is 5. The van der Waals surface area contributed by atoms with Crippen molar-refractivity contribution in [3.05, 3.63) is 45.9 Å². The van der Waals surface area contributed by atoms with E-state index >= 15 is 0 Å². The Morgan fingerprint density at radius 3 is 2.77 bits per heavy atom. The van der Waals surface area contributed by atoms with Crippen LogP contribution in [0.3, 0.4) is 0 Å². The van der Waals surface area contributed by atoms with E-state index in [0.29, 0.717) is 17.6 Å². The Morgan fingerprint density at radius 2 is 2.23 bits per heavy atom. The number of hydrogen-bond donors (Lipinski definition) is 2. The van der Waals surface area contributed by atoms with Crippen molar-refractivity contribution in [3.8, 4) is 11.6 Å². The Morgan fingerprint density at radius 1 is 1.50 bits per heavy atom. The fourth-order valence-electron chi connectivity index (χ4n) is 2.88. The molecule has 3 aromatic rings. The Labute approximate surface area is 156 Å². The normalized spacial score (nSPS) is 12.3. The molecule has 0 fully saturated rings. The van der Waals surface area contributed by atoms with Gasteiger partial charge in [0, 0.05) is 12.2 Å². The molecule has 2 atom stereocenters. The fraction of sp³-hybridized carbons (Fsp3) is 0.250. The highest BCUT2D eigenvalue weighted by atomic mass is 32.1. The molecule has 0 saturated heterocycles. The number of imidazole rings is 1. The molecule has 2 heterocycles. The van der Waals surface area contributed by atoms with E-state index in [1.165, 1.54) is 6.07 Å². The average Bonchev–Trinajstić information content (AvgIpc) is 3.15. The highest BCUT2D eigenvalue weighted by Crippen LogP contribution is 2.29. The third kappa shape index (κ3) is 3.20. The summed E-state index contributed by atoms with van der Waals surface area (Å²) in [5, 5.41) is 8.13. The first-order valence-corrected chi connectivity index (χ1v) is 8.81. The van der Waals surface area contributed by atoms with Crippen LogP contribution in [-0.2, 0) is 0 Å². The second-order valence-electron chi connectivity index (χ2n) is 5.72. The number of benzene rings is 1. The molecule has 0 bridgehead atoms. The molecule has 7 nitrogen and oxygen atoms in total. The zero-order valence-electron chi connectivity index (χ0n) is 14.1. The maximum atomic E-state index is 13.6. The number of nitrogens with one attached hydrogen (secondary N) is 1. The van der Waals surface area contributed by atoms with E-state index in [1.807, 2.05) is 6.92 Å². The SMILES string of the molecule is CCC(c1ccc(F)c(P)c1)n1c(C(N)=O)c(-c2nnc(C)o2)[nH]c1=S. The van der Waals surface area contributed by atoms with Crippen molar-refractivity contribution in [1.82, 2.24) is 19.7 Å². The van der Waals surface area contributed by atoms with Crippen molar-refractivity contribution in [1.29, 1.82) is 0 Å². The van der Waals surface area contributed by atoms with Crippen LogP contribution in [0.2, 0.25) is 0 Å². The van der Waals surface area contributed by atoms with Crippen molar-refractivity contribution in [2.75, 3.05) is 0 Å². The number of aryl methyl sites for hydroxylation is 1. The largest absolute Gasteiger partial charge is 0.420 e. The van der Waals surface area contributed by atoms with E-state index < -0.39 is 5.91 Å². The topological polar surface area (TPSA) is 103 Å². The van der Waals surface area contributed by atoms with Gasteiger partial charge in [0.1, 0.15) is 17.2 Å². The fourth-order valence-corrected chi connectivity index (χ4v) is 3.49. The summed E-state index contributed by atoms with van der Waals surface area (Å²) in [6.07, 6.45) is 0.602. The smallest absolute Gasteiger partial charge is 0.267 e. The number of aromatic nitrogens is 4. The van der Waals surface area contributed by atoms with Gasteiger partial charge < -0.3 is 19.7 Å². The highest BCUT2D eigenvalue weighted by molar-refractivity contribution is 7.71. The molecular weight excluding hydrogens is 376 g/mol. The molecule has 1 aromatic carbocycles. The average molecular weight is 393 g/mol. The van der Waals surface area contributed by atoms with Crippen LogP contribution in [0, 0.1) is 17.5 Å². The monoisotopic (exact) mass is 393 g/mol. The molecule has 26 heavy (non-hydrogen) atoms. The lowest BCUT2D eigenvalue weighted by Gasteiger charge is -2.20. The number of carbonyl (C=O) groups excluding carboxylic acids is 1. The number of carbonyl (C=O) groups is 1. The number of amides is 1. The zero-order valence-corrected chi connectivity index (χ0v) is 16.1. The van der Waals surface area contributed by atoms with E-state index in [9.17, 15) is 9.18 Å². The van der Waals surface area contributed by atoms with Gasteiger partial charge in [-0.3, -0.25) is 4.79 Å². The molecule has 0 radical (unpaired) electrons. The van der Waals surface area contributed by atoms with Crippen LogP contribution >= 0.6 is 21.5 Å². The third-order valence-corrected chi connectivity index (χ3v) is 4.75. The van der Waals surface area contributed by atoms with E-state index in [-0.39, 0.29) is 33.9 Å². The number of H-pyrrole nitrogens is 1. The van der Waals surface area contributed by atoms with Gasteiger partial charge >= 0.3 is 0 Å². The quantitative estimate of drug-likeness (QED) is 0.512. The molecule has 136 valence electrons. The van der Waals surface area contributed by atoms with Crippen molar-refractivity contribution in [3.63, 3.8) is 0 Å². The van der Waals surface area contributed by atoms with Gasteiger partial charge in [0.15, 0.2) is 4.77 Å². The number of nitrogens with two attached hydrogens (primary N) is 1. The number of primary amides is 1. The first-order valence-electron chi connectivity index (χ1n) is 7.83. The van der Waals surface area contributed by atoms with Gasteiger partial charge in [0.25, 0.3) is 11.8 Å². The van der Waals surface area contributed by atoms with Gasteiger partial charge in [-0.15, -0.1) is 19.4 Å². The molecular formula is C16H17FN5O2PS. The standard InChI is InChI=1S/C16H17FN5O2PS/c1-3-10(8-4-5-9(17)11(25)6-8)22-13(14(18)23)12(19-16(22)26)15-21-20-7(2)24-15/h4-6,10H,3,25H2,1-2H3,(H2,18,23)(H,19,26). The molecule has 0 spiro atoms. The van der Waals surface area contributed by atoms with Crippen molar-refractivity contribution in [2.24, 2.45) is 5.73 Å². The molecule has 0 saturated carbocycles. The molecule has 2 unspecified atom stereocenters. The van der Waals surface area contributed by atoms with E-state index in [0.717, 1.165) is 5.56 Å². The summed E-state index contributed by atoms with van der Waals surface area (Å²) in [6.45, 7) is 3.58. The second kappa shape index (κ2) is 7.09. The van der Waals surface area contributed by atoms with Crippen LogP contribution in [-0.4, -0.2) is 25.7 Å². The first-order chi connectivity index (χ1) is 12.3. The Bertz CT molecular complexity index is 1040. The third-order valence-electron chi connectivity index (χ3n) is 4.00. The molecule has 0 aliphatic heterocycles. The van der Waals surface area contributed by atoms with Crippen molar-refractivity contribution < 1.29 is 13.6 Å². The van der Waals surface area contributed by atoms with Crippen molar-refractivity contribution >= 4 is 32.7 Å². The predicted molar refractivity (Wildman–Crippen MR) is 100 cm³/mol. The molecule has 0 aliphatic carbocycles. The highest BCUT2D eigenvalue weighted by Gasteiger charge is 2.27. The number of halogens is 1. The predicted octanol–water partition coefficient (Wildman–Crippen LogP) is 2.64. The molecule has 3 rings (SSSR count). The van der Waals surface area contributed by atoms with Gasteiger partial charge in [-0.1, -0.05) is 13.0 Å². The number of hydrogen-bond acceptors (Lipinski definition) is 5. The minimum Gasteiger partial charge on any atom is -0.420 e. The first kappa shape index (κ1) is 18.4. The van der Waals surface area contributed by atoms with Gasteiger partial charge in [-0.25, -0.2) is 4.39 Å². The molecule has 0 aliphatic rings. The molecule has 3 N–H and O–H groups in total. The summed E-state index contributed by atoms with van der Waals surface area (Å²) in [6, 6.07) is 4.42.